The molecule has 0 aliphatic carbocycles. The molecule has 0 N–H and O–H groups in total. The molecular weight excluding hydrogens is 188 g/mol. The molecule has 2 rings (SSSR count). The second-order valence-corrected chi connectivity index (χ2v) is 4.69. The minimum Gasteiger partial charge on any atom is -0.328 e. The van der Waals surface area contributed by atoms with Gasteiger partial charge in [-0.05, 0) is 26.2 Å². The summed E-state index contributed by atoms with van der Waals surface area (Å²) in [4.78, 5) is 15.4. The van der Waals surface area contributed by atoms with Gasteiger partial charge in [-0.2, -0.15) is 0 Å². The number of fused-ring (bicyclic) bond motifs is 1. The number of rotatable bonds is 2. The van der Waals surface area contributed by atoms with Crippen molar-refractivity contribution in [2.45, 2.75) is 52.0 Å². The van der Waals surface area contributed by atoms with E-state index in [0.29, 0.717) is 17.7 Å². The molecular formula is C12H18N2O. The van der Waals surface area contributed by atoms with Crippen LogP contribution < -0.4 is 0 Å². The number of hydrogen-bond donors (Lipinski definition) is 0. The second kappa shape index (κ2) is 3.80. The standard InChI is InChI=1S/C12H18N2O/c1-8(2)12-13-10(7-15)11-6-4-5-9(3)14(11)12/h7-9H,4-6H2,1-3H3. The van der Waals surface area contributed by atoms with Crippen LogP contribution in [0.15, 0.2) is 0 Å². The Morgan fingerprint density at radius 1 is 1.53 bits per heavy atom. The monoisotopic (exact) mass is 206 g/mol. The molecule has 3 nitrogen and oxygen atoms in total. The first-order chi connectivity index (χ1) is 7.15. The summed E-state index contributed by atoms with van der Waals surface area (Å²) in [5, 5.41) is 0. The van der Waals surface area contributed by atoms with Gasteiger partial charge < -0.3 is 4.57 Å². The molecule has 0 radical (unpaired) electrons. The summed E-state index contributed by atoms with van der Waals surface area (Å²) in [6, 6.07) is 0.493. The number of imidazole rings is 1. The second-order valence-electron chi connectivity index (χ2n) is 4.69. The van der Waals surface area contributed by atoms with Crippen molar-refractivity contribution in [1.29, 1.82) is 0 Å². The summed E-state index contributed by atoms with van der Waals surface area (Å²) >= 11 is 0. The van der Waals surface area contributed by atoms with Gasteiger partial charge in [-0.25, -0.2) is 4.98 Å². The smallest absolute Gasteiger partial charge is 0.170 e. The van der Waals surface area contributed by atoms with E-state index in [2.05, 4.69) is 30.3 Å². The Balaban J connectivity index is 2.57. The molecule has 0 saturated carbocycles. The minimum atomic E-state index is 0.387. The third kappa shape index (κ3) is 1.60. The first kappa shape index (κ1) is 10.4. The van der Waals surface area contributed by atoms with Crippen molar-refractivity contribution in [2.75, 3.05) is 0 Å². The molecule has 0 fully saturated rings. The molecule has 3 heteroatoms. The van der Waals surface area contributed by atoms with Gasteiger partial charge in [0.15, 0.2) is 6.29 Å². The number of nitrogens with zero attached hydrogens (tertiary/aromatic N) is 2. The predicted octanol–water partition coefficient (Wildman–Crippen LogP) is 2.72. The largest absolute Gasteiger partial charge is 0.328 e. The van der Waals surface area contributed by atoms with E-state index in [-0.39, 0.29) is 0 Å². The van der Waals surface area contributed by atoms with Crippen LogP contribution >= 0.6 is 0 Å². The van der Waals surface area contributed by atoms with Crippen molar-refractivity contribution in [3.63, 3.8) is 0 Å². The Hall–Kier alpha value is -1.12. The lowest BCUT2D eigenvalue weighted by molar-refractivity contribution is 0.111. The molecule has 0 amide bonds. The third-order valence-corrected chi connectivity index (χ3v) is 3.17. The molecule has 1 aromatic heterocycles. The molecule has 15 heavy (non-hydrogen) atoms. The summed E-state index contributed by atoms with van der Waals surface area (Å²) in [6.07, 6.45) is 4.26. The van der Waals surface area contributed by atoms with E-state index in [1.807, 2.05) is 0 Å². The summed E-state index contributed by atoms with van der Waals surface area (Å²) < 4.78 is 2.28. The SMILES string of the molecule is CC(C)c1nc(C=O)c2n1C(C)CCC2. The van der Waals surface area contributed by atoms with Crippen LogP contribution in [-0.2, 0) is 6.42 Å². The Morgan fingerprint density at radius 2 is 2.27 bits per heavy atom. The summed E-state index contributed by atoms with van der Waals surface area (Å²) in [5.74, 6) is 1.46. The lowest BCUT2D eigenvalue weighted by atomic mass is 10.0. The quantitative estimate of drug-likeness (QED) is 0.697. The van der Waals surface area contributed by atoms with E-state index in [9.17, 15) is 4.79 Å². The van der Waals surface area contributed by atoms with Gasteiger partial charge in [0.05, 0.1) is 0 Å². The van der Waals surface area contributed by atoms with Gasteiger partial charge in [-0.3, -0.25) is 4.79 Å². The fraction of sp³-hybridized carbons (Fsp3) is 0.667. The molecule has 0 bridgehead atoms. The lowest BCUT2D eigenvalue weighted by Gasteiger charge is -2.25. The van der Waals surface area contributed by atoms with Crippen molar-refractivity contribution < 1.29 is 4.79 Å². The van der Waals surface area contributed by atoms with Crippen LogP contribution in [0, 0.1) is 0 Å². The van der Waals surface area contributed by atoms with Gasteiger partial charge in [0.1, 0.15) is 11.5 Å². The maximum absolute atomic E-state index is 10.9. The van der Waals surface area contributed by atoms with Crippen LogP contribution in [0.2, 0.25) is 0 Å². The highest BCUT2D eigenvalue weighted by Gasteiger charge is 2.24. The zero-order valence-electron chi connectivity index (χ0n) is 9.66. The predicted molar refractivity (Wildman–Crippen MR) is 59.4 cm³/mol. The third-order valence-electron chi connectivity index (χ3n) is 3.17. The van der Waals surface area contributed by atoms with Gasteiger partial charge in [0.25, 0.3) is 0 Å². The van der Waals surface area contributed by atoms with Crippen molar-refractivity contribution in [2.24, 2.45) is 0 Å². The number of aldehydes is 1. The first-order valence-electron chi connectivity index (χ1n) is 5.71. The highest BCUT2D eigenvalue weighted by Crippen LogP contribution is 2.30. The van der Waals surface area contributed by atoms with Gasteiger partial charge in [0.2, 0.25) is 0 Å². The Kier molecular flexibility index (Phi) is 2.63. The molecule has 1 atom stereocenters. The molecule has 0 saturated heterocycles. The van der Waals surface area contributed by atoms with E-state index < -0.39 is 0 Å². The normalized spacial score (nSPS) is 20.4. The van der Waals surface area contributed by atoms with Crippen molar-refractivity contribution in [1.82, 2.24) is 9.55 Å². The van der Waals surface area contributed by atoms with Crippen molar-refractivity contribution >= 4 is 6.29 Å². The molecule has 1 aliphatic rings. The zero-order valence-corrected chi connectivity index (χ0v) is 9.66. The number of aromatic nitrogens is 2. The van der Waals surface area contributed by atoms with Gasteiger partial charge in [-0.1, -0.05) is 13.8 Å². The maximum atomic E-state index is 10.9. The van der Waals surface area contributed by atoms with E-state index in [4.69, 9.17) is 0 Å². The minimum absolute atomic E-state index is 0.387. The maximum Gasteiger partial charge on any atom is 0.170 e. The van der Waals surface area contributed by atoms with Crippen LogP contribution in [0.4, 0.5) is 0 Å². The van der Waals surface area contributed by atoms with E-state index in [1.54, 1.807) is 0 Å². The lowest BCUT2D eigenvalue weighted by Crippen LogP contribution is -2.18. The summed E-state index contributed by atoms with van der Waals surface area (Å²) in [6.45, 7) is 6.47. The highest BCUT2D eigenvalue weighted by molar-refractivity contribution is 5.74. The molecule has 0 aromatic carbocycles. The van der Waals surface area contributed by atoms with Crippen molar-refractivity contribution in [3.05, 3.63) is 17.2 Å². The Bertz CT molecular complexity index is 379. The van der Waals surface area contributed by atoms with Crippen molar-refractivity contribution in [3.8, 4) is 0 Å². The number of hydrogen-bond acceptors (Lipinski definition) is 2. The Morgan fingerprint density at radius 3 is 2.87 bits per heavy atom. The van der Waals surface area contributed by atoms with Gasteiger partial charge in [-0.15, -0.1) is 0 Å². The zero-order chi connectivity index (χ0) is 11.0. The fourth-order valence-electron chi connectivity index (χ4n) is 2.44. The van der Waals surface area contributed by atoms with E-state index in [1.165, 1.54) is 12.8 Å². The van der Waals surface area contributed by atoms with Crippen LogP contribution in [0.5, 0.6) is 0 Å². The molecule has 1 unspecified atom stereocenters. The van der Waals surface area contributed by atoms with Crippen LogP contribution in [0.3, 0.4) is 0 Å². The van der Waals surface area contributed by atoms with Crippen LogP contribution in [-0.4, -0.2) is 15.8 Å². The average molecular weight is 206 g/mol. The van der Waals surface area contributed by atoms with Crippen LogP contribution in [0.1, 0.15) is 67.6 Å². The van der Waals surface area contributed by atoms with Crippen LogP contribution in [0.25, 0.3) is 0 Å². The Labute approximate surface area is 90.5 Å². The number of carbonyl (C=O) groups excluding carboxylic acids is 1. The fourth-order valence-corrected chi connectivity index (χ4v) is 2.44. The molecule has 1 aromatic rings. The van der Waals surface area contributed by atoms with Gasteiger partial charge >= 0.3 is 0 Å². The topological polar surface area (TPSA) is 34.9 Å². The van der Waals surface area contributed by atoms with E-state index >= 15 is 0 Å². The van der Waals surface area contributed by atoms with E-state index in [0.717, 1.165) is 24.2 Å². The number of carbonyl (C=O) groups is 1. The average Bonchev–Trinajstić information content (AvgIpc) is 2.58. The summed E-state index contributed by atoms with van der Waals surface area (Å²) in [5.41, 5.74) is 1.80. The molecule has 82 valence electrons. The molecule has 2 heterocycles. The highest BCUT2D eigenvalue weighted by atomic mass is 16.1. The first-order valence-corrected chi connectivity index (χ1v) is 5.71. The molecule has 0 spiro atoms. The summed E-state index contributed by atoms with van der Waals surface area (Å²) in [7, 11) is 0. The molecule has 1 aliphatic heterocycles. The van der Waals surface area contributed by atoms with Gasteiger partial charge in [0, 0.05) is 17.7 Å².